The lowest BCUT2D eigenvalue weighted by Crippen LogP contribution is -2.26. The van der Waals surface area contributed by atoms with Crippen molar-refractivity contribution in [1.29, 1.82) is 0 Å². The molecular weight excluding hydrogens is 294 g/mol. The molecule has 0 bridgehead atoms. The predicted molar refractivity (Wildman–Crippen MR) is 79.9 cm³/mol. The van der Waals surface area contributed by atoms with Crippen LogP contribution in [0.15, 0.2) is 24.3 Å². The monoisotopic (exact) mass is 307 g/mol. The molecule has 21 heavy (non-hydrogen) atoms. The third-order valence-electron chi connectivity index (χ3n) is 2.69. The summed E-state index contributed by atoms with van der Waals surface area (Å²) in [7, 11) is 1.58. The Morgan fingerprint density at radius 2 is 2.05 bits per heavy atom. The molecule has 0 aliphatic heterocycles. The second-order valence-electron chi connectivity index (χ2n) is 4.08. The van der Waals surface area contributed by atoms with Crippen molar-refractivity contribution in [2.75, 3.05) is 23.8 Å². The van der Waals surface area contributed by atoms with Crippen LogP contribution in [0.25, 0.3) is 0 Å². The van der Waals surface area contributed by atoms with E-state index in [1.807, 2.05) is 6.92 Å². The number of nitrogens with one attached hydrogen (secondary N) is 1. The molecule has 0 unspecified atom stereocenters. The van der Waals surface area contributed by atoms with Gasteiger partial charge in [0.25, 0.3) is 11.6 Å². The van der Waals surface area contributed by atoms with E-state index in [0.29, 0.717) is 17.4 Å². The quantitative estimate of drug-likeness (QED) is 0.671. The fourth-order valence-corrected chi connectivity index (χ4v) is 2.38. The van der Waals surface area contributed by atoms with Gasteiger partial charge in [0.2, 0.25) is 10.1 Å². The zero-order valence-electron chi connectivity index (χ0n) is 11.4. The molecule has 0 spiro atoms. The molecule has 1 aromatic carbocycles. The number of anilines is 2. The average Bonchev–Trinajstić information content (AvgIpc) is 2.95. The van der Waals surface area contributed by atoms with Crippen LogP contribution in [0.2, 0.25) is 0 Å². The third kappa shape index (κ3) is 3.31. The summed E-state index contributed by atoms with van der Waals surface area (Å²) in [6, 6.07) is 5.73. The Morgan fingerprint density at radius 3 is 2.62 bits per heavy atom. The van der Waals surface area contributed by atoms with E-state index in [2.05, 4.69) is 15.5 Å². The maximum atomic E-state index is 12.3. The minimum Gasteiger partial charge on any atom is -0.360 e. The maximum Gasteiger partial charge on any atom is 0.289 e. The van der Waals surface area contributed by atoms with Crippen molar-refractivity contribution in [1.82, 2.24) is 10.2 Å². The van der Waals surface area contributed by atoms with Crippen LogP contribution < -0.4 is 10.2 Å². The highest BCUT2D eigenvalue weighted by molar-refractivity contribution is 7.17. The van der Waals surface area contributed by atoms with Gasteiger partial charge in [0.15, 0.2) is 0 Å². The normalized spacial score (nSPS) is 10.2. The standard InChI is InChI=1S/C12H13N5O3S/c1-3-13-12-15-14-10(21-12)11(18)16(2)8-4-6-9(7-5-8)17(19)20/h4-7H,3H2,1-2H3,(H,13,15). The van der Waals surface area contributed by atoms with Crippen LogP contribution >= 0.6 is 11.3 Å². The largest absolute Gasteiger partial charge is 0.360 e. The van der Waals surface area contributed by atoms with Crippen molar-refractivity contribution in [2.45, 2.75) is 6.92 Å². The molecule has 1 amide bonds. The fraction of sp³-hybridized carbons (Fsp3) is 0.250. The van der Waals surface area contributed by atoms with Crippen molar-refractivity contribution in [2.24, 2.45) is 0 Å². The van der Waals surface area contributed by atoms with Crippen LogP contribution in [0.4, 0.5) is 16.5 Å². The third-order valence-corrected chi connectivity index (χ3v) is 3.56. The predicted octanol–water partition coefficient (Wildman–Crippen LogP) is 2.15. The number of nitro benzene ring substituents is 1. The molecule has 2 rings (SSSR count). The number of amides is 1. The van der Waals surface area contributed by atoms with Crippen LogP contribution in [-0.2, 0) is 0 Å². The zero-order chi connectivity index (χ0) is 15.4. The summed E-state index contributed by atoms with van der Waals surface area (Å²) in [5.41, 5.74) is 0.524. The Kier molecular flexibility index (Phi) is 4.43. The number of hydrogen-bond acceptors (Lipinski definition) is 7. The highest BCUT2D eigenvalue weighted by atomic mass is 32.1. The van der Waals surface area contributed by atoms with E-state index in [0.717, 1.165) is 11.3 Å². The summed E-state index contributed by atoms with van der Waals surface area (Å²) in [6.07, 6.45) is 0. The number of carbonyl (C=O) groups is 1. The van der Waals surface area contributed by atoms with Gasteiger partial charge in [-0.3, -0.25) is 14.9 Å². The molecule has 0 saturated heterocycles. The Morgan fingerprint density at radius 1 is 1.38 bits per heavy atom. The van der Waals surface area contributed by atoms with E-state index in [-0.39, 0.29) is 16.6 Å². The minimum absolute atomic E-state index is 0.0232. The van der Waals surface area contributed by atoms with E-state index in [4.69, 9.17) is 0 Å². The van der Waals surface area contributed by atoms with Crippen LogP contribution in [-0.4, -0.2) is 34.6 Å². The molecule has 0 fully saturated rings. The van der Waals surface area contributed by atoms with Gasteiger partial charge in [-0.05, 0) is 19.1 Å². The van der Waals surface area contributed by atoms with Gasteiger partial charge in [-0.1, -0.05) is 11.3 Å². The first-order valence-corrected chi connectivity index (χ1v) is 6.94. The number of carbonyl (C=O) groups excluding carboxylic acids is 1. The first-order chi connectivity index (χ1) is 10.0. The van der Waals surface area contributed by atoms with Gasteiger partial charge in [0.1, 0.15) is 0 Å². The molecule has 2 aromatic rings. The molecule has 0 atom stereocenters. The zero-order valence-corrected chi connectivity index (χ0v) is 12.3. The molecule has 0 radical (unpaired) electrons. The van der Waals surface area contributed by atoms with Gasteiger partial charge in [-0.25, -0.2) is 0 Å². The topological polar surface area (TPSA) is 101 Å². The summed E-state index contributed by atoms with van der Waals surface area (Å²) in [5, 5.41) is 22.1. The number of nitrogens with zero attached hydrogens (tertiary/aromatic N) is 4. The lowest BCUT2D eigenvalue weighted by molar-refractivity contribution is -0.384. The maximum absolute atomic E-state index is 12.3. The highest BCUT2D eigenvalue weighted by Gasteiger charge is 2.19. The smallest absolute Gasteiger partial charge is 0.289 e. The summed E-state index contributed by atoms with van der Waals surface area (Å²) >= 11 is 1.16. The van der Waals surface area contributed by atoms with Crippen LogP contribution in [0.1, 0.15) is 16.7 Å². The van der Waals surface area contributed by atoms with E-state index in [1.54, 1.807) is 7.05 Å². The summed E-state index contributed by atoms with van der Waals surface area (Å²) < 4.78 is 0. The van der Waals surface area contributed by atoms with Crippen LogP contribution in [0.5, 0.6) is 0 Å². The van der Waals surface area contributed by atoms with E-state index < -0.39 is 4.92 Å². The highest BCUT2D eigenvalue weighted by Crippen LogP contribution is 2.22. The molecule has 8 nitrogen and oxygen atoms in total. The van der Waals surface area contributed by atoms with Crippen LogP contribution in [0.3, 0.4) is 0 Å². The van der Waals surface area contributed by atoms with E-state index >= 15 is 0 Å². The summed E-state index contributed by atoms with van der Waals surface area (Å²) in [5.74, 6) is -0.314. The number of nitro groups is 1. The van der Waals surface area contributed by atoms with Gasteiger partial charge < -0.3 is 10.2 Å². The Balaban J connectivity index is 2.15. The number of benzene rings is 1. The number of hydrogen-bond donors (Lipinski definition) is 1. The van der Waals surface area contributed by atoms with Crippen molar-refractivity contribution in [3.05, 3.63) is 39.4 Å². The second kappa shape index (κ2) is 6.27. The van der Waals surface area contributed by atoms with Crippen molar-refractivity contribution < 1.29 is 9.72 Å². The molecule has 110 valence electrons. The molecule has 0 aliphatic carbocycles. The molecule has 1 heterocycles. The Hall–Kier alpha value is -2.55. The first kappa shape index (κ1) is 14.9. The lowest BCUT2D eigenvalue weighted by atomic mass is 10.2. The van der Waals surface area contributed by atoms with Crippen LogP contribution in [0, 0.1) is 10.1 Å². The van der Waals surface area contributed by atoms with E-state index in [9.17, 15) is 14.9 Å². The molecule has 1 N–H and O–H groups in total. The number of aromatic nitrogens is 2. The van der Waals surface area contributed by atoms with E-state index in [1.165, 1.54) is 29.2 Å². The summed E-state index contributed by atoms with van der Waals surface area (Å²) in [4.78, 5) is 23.7. The van der Waals surface area contributed by atoms with Gasteiger partial charge in [-0.15, -0.1) is 10.2 Å². The molecule has 1 aromatic heterocycles. The summed E-state index contributed by atoms with van der Waals surface area (Å²) in [6.45, 7) is 2.62. The van der Waals surface area contributed by atoms with Gasteiger partial charge in [-0.2, -0.15) is 0 Å². The number of non-ortho nitro benzene ring substituents is 1. The Bertz CT molecular complexity index is 655. The van der Waals surface area contributed by atoms with Gasteiger partial charge in [0, 0.05) is 31.4 Å². The van der Waals surface area contributed by atoms with Crippen molar-refractivity contribution >= 4 is 33.8 Å². The average molecular weight is 307 g/mol. The van der Waals surface area contributed by atoms with Crippen molar-refractivity contribution in [3.63, 3.8) is 0 Å². The Labute approximate surface area is 124 Å². The molecule has 9 heteroatoms. The van der Waals surface area contributed by atoms with Crippen molar-refractivity contribution in [3.8, 4) is 0 Å². The SMILES string of the molecule is CCNc1nnc(C(=O)N(C)c2ccc([N+](=O)[O-])cc2)s1. The number of rotatable bonds is 5. The molecular formula is C12H13N5O3S. The minimum atomic E-state index is -0.487. The molecule has 0 saturated carbocycles. The first-order valence-electron chi connectivity index (χ1n) is 6.12. The lowest BCUT2D eigenvalue weighted by Gasteiger charge is -2.15. The molecule has 0 aliphatic rings. The fourth-order valence-electron chi connectivity index (χ4n) is 1.59. The van der Waals surface area contributed by atoms with Gasteiger partial charge in [0.05, 0.1) is 4.92 Å². The second-order valence-corrected chi connectivity index (χ2v) is 5.06. The van der Waals surface area contributed by atoms with Gasteiger partial charge >= 0.3 is 0 Å².